The summed E-state index contributed by atoms with van der Waals surface area (Å²) in [5.41, 5.74) is 2.42. The van der Waals surface area contributed by atoms with Crippen LogP contribution in [-0.4, -0.2) is 25.9 Å². The van der Waals surface area contributed by atoms with Crippen molar-refractivity contribution in [3.63, 3.8) is 0 Å². The first-order chi connectivity index (χ1) is 9.15. The monoisotopic (exact) mass is 261 g/mol. The number of hydrogen-bond donors (Lipinski definition) is 1. The van der Waals surface area contributed by atoms with Gasteiger partial charge in [-0.3, -0.25) is 4.68 Å². The van der Waals surface area contributed by atoms with Gasteiger partial charge >= 0.3 is 0 Å². The molecule has 0 aromatic carbocycles. The Morgan fingerprint density at radius 2 is 2.11 bits per heavy atom. The fraction of sp³-hybridized carbons (Fsp3) is 0.571. The summed E-state index contributed by atoms with van der Waals surface area (Å²) in [6, 6.07) is 0. The van der Waals surface area contributed by atoms with E-state index in [2.05, 4.69) is 46.9 Å². The SMILES string of the molecule is Cc1cnn(CCn2cncc2CNCC(C)C)c1. The Bertz CT molecular complexity index is 497. The highest BCUT2D eigenvalue weighted by Gasteiger charge is 2.03. The van der Waals surface area contributed by atoms with Crippen LogP contribution in [0.3, 0.4) is 0 Å². The third-order valence-corrected chi connectivity index (χ3v) is 2.99. The van der Waals surface area contributed by atoms with Crippen LogP contribution in [0, 0.1) is 12.8 Å². The van der Waals surface area contributed by atoms with E-state index >= 15 is 0 Å². The second-order valence-electron chi connectivity index (χ2n) is 5.38. The second-order valence-corrected chi connectivity index (χ2v) is 5.38. The number of nitrogens with zero attached hydrogens (tertiary/aromatic N) is 4. The molecule has 2 heterocycles. The van der Waals surface area contributed by atoms with Gasteiger partial charge in [-0.05, 0) is 24.9 Å². The summed E-state index contributed by atoms with van der Waals surface area (Å²) in [5, 5.41) is 7.74. The first-order valence-corrected chi connectivity index (χ1v) is 6.84. The van der Waals surface area contributed by atoms with Gasteiger partial charge in [-0.2, -0.15) is 5.10 Å². The normalized spacial score (nSPS) is 11.4. The van der Waals surface area contributed by atoms with Crippen LogP contribution in [0.25, 0.3) is 0 Å². The second kappa shape index (κ2) is 6.52. The van der Waals surface area contributed by atoms with Crippen molar-refractivity contribution in [2.45, 2.75) is 40.4 Å². The smallest absolute Gasteiger partial charge is 0.0949 e. The fourth-order valence-corrected chi connectivity index (χ4v) is 1.99. The molecule has 5 heteroatoms. The van der Waals surface area contributed by atoms with Gasteiger partial charge in [0.1, 0.15) is 0 Å². The summed E-state index contributed by atoms with van der Waals surface area (Å²) in [7, 11) is 0. The molecule has 0 aliphatic heterocycles. The molecule has 0 saturated carbocycles. The lowest BCUT2D eigenvalue weighted by atomic mass is 10.2. The molecule has 0 atom stereocenters. The minimum absolute atomic E-state index is 0.670. The zero-order chi connectivity index (χ0) is 13.7. The Hall–Kier alpha value is -1.62. The van der Waals surface area contributed by atoms with E-state index < -0.39 is 0 Å². The third-order valence-electron chi connectivity index (χ3n) is 2.99. The topological polar surface area (TPSA) is 47.7 Å². The van der Waals surface area contributed by atoms with Crippen LogP contribution < -0.4 is 5.32 Å². The van der Waals surface area contributed by atoms with E-state index in [0.717, 1.165) is 26.2 Å². The first kappa shape index (κ1) is 13.8. The summed E-state index contributed by atoms with van der Waals surface area (Å²) in [6.07, 6.45) is 7.77. The van der Waals surface area contributed by atoms with Crippen LogP contribution >= 0.6 is 0 Å². The van der Waals surface area contributed by atoms with Crippen molar-refractivity contribution in [3.8, 4) is 0 Å². The van der Waals surface area contributed by atoms with Gasteiger partial charge in [-0.25, -0.2) is 4.98 Å². The van der Waals surface area contributed by atoms with Crippen LogP contribution in [0.2, 0.25) is 0 Å². The molecular formula is C14H23N5. The van der Waals surface area contributed by atoms with E-state index in [9.17, 15) is 0 Å². The maximum Gasteiger partial charge on any atom is 0.0949 e. The van der Waals surface area contributed by atoms with Gasteiger partial charge < -0.3 is 9.88 Å². The lowest BCUT2D eigenvalue weighted by Crippen LogP contribution is -2.21. The van der Waals surface area contributed by atoms with Crippen molar-refractivity contribution < 1.29 is 0 Å². The molecule has 0 spiro atoms. The van der Waals surface area contributed by atoms with Gasteiger partial charge in [0.15, 0.2) is 0 Å². The summed E-state index contributed by atoms with van der Waals surface area (Å²) in [5.74, 6) is 0.670. The van der Waals surface area contributed by atoms with Crippen LogP contribution in [0.4, 0.5) is 0 Å². The van der Waals surface area contributed by atoms with E-state index in [1.807, 2.05) is 23.4 Å². The average molecular weight is 261 g/mol. The number of imidazole rings is 1. The van der Waals surface area contributed by atoms with E-state index in [0.29, 0.717) is 5.92 Å². The average Bonchev–Trinajstić information content (AvgIpc) is 2.95. The summed E-state index contributed by atoms with van der Waals surface area (Å²) in [6.45, 7) is 10.2. The zero-order valence-corrected chi connectivity index (χ0v) is 12.0. The molecule has 0 aliphatic rings. The first-order valence-electron chi connectivity index (χ1n) is 6.84. The highest BCUT2D eigenvalue weighted by molar-refractivity contribution is 5.00. The number of aryl methyl sites for hydroxylation is 3. The fourth-order valence-electron chi connectivity index (χ4n) is 1.99. The van der Waals surface area contributed by atoms with Gasteiger partial charge in [0.25, 0.3) is 0 Å². The van der Waals surface area contributed by atoms with Crippen molar-refractivity contribution in [2.24, 2.45) is 5.92 Å². The Morgan fingerprint density at radius 1 is 1.26 bits per heavy atom. The van der Waals surface area contributed by atoms with Gasteiger partial charge in [0, 0.05) is 25.5 Å². The molecule has 0 amide bonds. The van der Waals surface area contributed by atoms with Gasteiger partial charge in [-0.1, -0.05) is 13.8 Å². The number of nitrogens with one attached hydrogen (secondary N) is 1. The Labute approximate surface area is 114 Å². The minimum Gasteiger partial charge on any atom is -0.332 e. The van der Waals surface area contributed by atoms with Gasteiger partial charge in [0.05, 0.1) is 24.8 Å². The molecule has 5 nitrogen and oxygen atoms in total. The third kappa shape index (κ3) is 4.21. The Balaban J connectivity index is 1.85. The molecule has 0 radical (unpaired) electrons. The van der Waals surface area contributed by atoms with E-state index in [-0.39, 0.29) is 0 Å². The lowest BCUT2D eigenvalue weighted by molar-refractivity contribution is 0.501. The van der Waals surface area contributed by atoms with E-state index in [1.54, 1.807) is 0 Å². The van der Waals surface area contributed by atoms with E-state index in [4.69, 9.17) is 0 Å². The molecule has 1 N–H and O–H groups in total. The molecule has 0 unspecified atom stereocenters. The summed E-state index contributed by atoms with van der Waals surface area (Å²) >= 11 is 0. The van der Waals surface area contributed by atoms with Crippen molar-refractivity contribution >= 4 is 0 Å². The zero-order valence-electron chi connectivity index (χ0n) is 12.0. The molecule has 2 rings (SSSR count). The van der Waals surface area contributed by atoms with Crippen molar-refractivity contribution in [1.82, 2.24) is 24.6 Å². The van der Waals surface area contributed by atoms with Crippen LogP contribution in [0.15, 0.2) is 24.9 Å². The number of aromatic nitrogens is 4. The molecule has 19 heavy (non-hydrogen) atoms. The molecule has 0 aliphatic carbocycles. The van der Waals surface area contributed by atoms with Crippen LogP contribution in [-0.2, 0) is 19.6 Å². The lowest BCUT2D eigenvalue weighted by Gasteiger charge is -2.10. The molecule has 0 saturated heterocycles. The quantitative estimate of drug-likeness (QED) is 0.827. The van der Waals surface area contributed by atoms with Crippen LogP contribution in [0.1, 0.15) is 25.1 Å². The largest absolute Gasteiger partial charge is 0.332 e. The maximum absolute atomic E-state index is 4.30. The molecular weight excluding hydrogens is 238 g/mol. The molecule has 2 aromatic rings. The summed E-state index contributed by atoms with van der Waals surface area (Å²) < 4.78 is 4.16. The Morgan fingerprint density at radius 3 is 2.79 bits per heavy atom. The van der Waals surface area contributed by atoms with Crippen LogP contribution in [0.5, 0.6) is 0 Å². The van der Waals surface area contributed by atoms with E-state index in [1.165, 1.54) is 11.3 Å². The molecule has 104 valence electrons. The standard InChI is InChI=1S/C14H23N5/c1-12(2)6-15-8-14-9-16-11-18(14)4-5-19-10-13(3)7-17-19/h7,9-12,15H,4-6,8H2,1-3H3. The maximum atomic E-state index is 4.30. The van der Waals surface area contributed by atoms with Gasteiger partial charge in [0.2, 0.25) is 0 Å². The predicted molar refractivity (Wildman–Crippen MR) is 75.7 cm³/mol. The van der Waals surface area contributed by atoms with Gasteiger partial charge in [-0.15, -0.1) is 0 Å². The highest BCUT2D eigenvalue weighted by Crippen LogP contribution is 2.02. The summed E-state index contributed by atoms with van der Waals surface area (Å²) in [4.78, 5) is 4.23. The molecule has 0 fully saturated rings. The number of hydrogen-bond acceptors (Lipinski definition) is 3. The Kier molecular flexibility index (Phi) is 4.74. The highest BCUT2D eigenvalue weighted by atomic mass is 15.3. The minimum atomic E-state index is 0.670. The van der Waals surface area contributed by atoms with Crippen molar-refractivity contribution in [1.29, 1.82) is 0 Å². The number of rotatable bonds is 7. The predicted octanol–water partition coefficient (Wildman–Crippen LogP) is 1.83. The van der Waals surface area contributed by atoms with Crippen molar-refractivity contribution in [2.75, 3.05) is 6.54 Å². The molecule has 0 bridgehead atoms. The molecule has 2 aromatic heterocycles. The van der Waals surface area contributed by atoms with Crippen molar-refractivity contribution in [3.05, 3.63) is 36.2 Å².